The van der Waals surface area contributed by atoms with E-state index in [1.54, 1.807) is 6.07 Å². The number of likely N-dealkylation sites (tertiary alicyclic amines) is 1. The normalized spacial score (nSPS) is 19.9. The summed E-state index contributed by atoms with van der Waals surface area (Å²) in [6.45, 7) is 10.3. The van der Waals surface area contributed by atoms with Gasteiger partial charge in [-0.15, -0.1) is 0 Å². The molecule has 1 aliphatic rings. The molecule has 3 heteroatoms. The Balaban J connectivity index is 1.98. The quantitative estimate of drug-likeness (QED) is 0.856. The highest BCUT2D eigenvalue weighted by atomic mass is 19.1. The number of rotatable bonds is 6. The molecule has 2 rings (SSSR count). The predicted octanol–water partition coefficient (Wildman–Crippen LogP) is 3.56. The summed E-state index contributed by atoms with van der Waals surface area (Å²) in [7, 11) is 0. The molecule has 0 aromatic heterocycles. The predicted molar refractivity (Wildman–Crippen MR) is 82.1 cm³/mol. The summed E-state index contributed by atoms with van der Waals surface area (Å²) in [5, 5.41) is 3.38. The highest BCUT2D eigenvalue weighted by Crippen LogP contribution is 2.22. The van der Waals surface area contributed by atoms with Gasteiger partial charge in [0.1, 0.15) is 5.82 Å². The molecule has 1 N–H and O–H groups in total. The second-order valence-electron chi connectivity index (χ2n) is 6.26. The van der Waals surface area contributed by atoms with E-state index in [9.17, 15) is 4.39 Å². The minimum Gasteiger partial charge on any atom is -0.310 e. The smallest absolute Gasteiger partial charge is 0.127 e. The first-order valence-electron chi connectivity index (χ1n) is 7.81. The molecular weight excluding hydrogens is 251 g/mol. The van der Waals surface area contributed by atoms with Crippen LogP contribution in [0.2, 0.25) is 0 Å². The Morgan fingerprint density at radius 1 is 1.40 bits per heavy atom. The third kappa shape index (κ3) is 4.29. The van der Waals surface area contributed by atoms with Gasteiger partial charge < -0.3 is 5.32 Å². The summed E-state index contributed by atoms with van der Waals surface area (Å²) >= 11 is 0. The monoisotopic (exact) mass is 278 g/mol. The maximum absolute atomic E-state index is 14.0. The molecular formula is C17H27FN2. The first kappa shape index (κ1) is 15.5. The van der Waals surface area contributed by atoms with Crippen molar-refractivity contribution in [2.24, 2.45) is 5.92 Å². The van der Waals surface area contributed by atoms with Crippen molar-refractivity contribution < 1.29 is 4.39 Å². The Morgan fingerprint density at radius 2 is 2.20 bits per heavy atom. The lowest BCUT2D eigenvalue weighted by atomic mass is 10.1. The van der Waals surface area contributed by atoms with E-state index in [1.807, 2.05) is 12.1 Å². The standard InChI is InChI=1S/C17H27FN2/c1-4-14-7-8-20(11-14)12-16-9-15(5-6-17(16)18)10-19-13(2)3/h5-6,9,13-14,19H,4,7-8,10-12H2,1-3H3. The topological polar surface area (TPSA) is 15.3 Å². The Labute approximate surface area is 122 Å². The molecule has 1 atom stereocenters. The second kappa shape index (κ2) is 7.19. The number of hydrogen-bond donors (Lipinski definition) is 1. The molecule has 1 aromatic rings. The molecule has 0 amide bonds. The van der Waals surface area contributed by atoms with Crippen LogP contribution >= 0.6 is 0 Å². The van der Waals surface area contributed by atoms with E-state index < -0.39 is 0 Å². The van der Waals surface area contributed by atoms with Crippen molar-refractivity contribution in [3.8, 4) is 0 Å². The van der Waals surface area contributed by atoms with Gasteiger partial charge in [0.2, 0.25) is 0 Å². The number of halogens is 1. The maximum Gasteiger partial charge on any atom is 0.127 e. The van der Waals surface area contributed by atoms with Crippen molar-refractivity contribution >= 4 is 0 Å². The number of nitrogens with one attached hydrogen (secondary N) is 1. The number of hydrogen-bond acceptors (Lipinski definition) is 2. The van der Waals surface area contributed by atoms with Crippen molar-refractivity contribution in [1.29, 1.82) is 0 Å². The SMILES string of the molecule is CCC1CCN(Cc2cc(CNC(C)C)ccc2F)C1. The molecule has 20 heavy (non-hydrogen) atoms. The van der Waals surface area contributed by atoms with E-state index in [0.717, 1.165) is 37.7 Å². The van der Waals surface area contributed by atoms with E-state index in [0.29, 0.717) is 6.04 Å². The van der Waals surface area contributed by atoms with Crippen LogP contribution in [-0.2, 0) is 13.1 Å². The molecule has 0 aliphatic carbocycles. The molecule has 0 spiro atoms. The van der Waals surface area contributed by atoms with Gasteiger partial charge in [-0.1, -0.05) is 39.3 Å². The Kier molecular flexibility index (Phi) is 5.55. The first-order valence-corrected chi connectivity index (χ1v) is 7.81. The molecule has 1 saturated heterocycles. The lowest BCUT2D eigenvalue weighted by Crippen LogP contribution is -2.23. The Hall–Kier alpha value is -0.930. The largest absolute Gasteiger partial charge is 0.310 e. The van der Waals surface area contributed by atoms with Crippen molar-refractivity contribution in [3.63, 3.8) is 0 Å². The summed E-state index contributed by atoms with van der Waals surface area (Å²) in [5.41, 5.74) is 2.01. The highest BCUT2D eigenvalue weighted by molar-refractivity contribution is 5.25. The molecule has 0 bridgehead atoms. The van der Waals surface area contributed by atoms with Crippen molar-refractivity contribution in [1.82, 2.24) is 10.2 Å². The number of nitrogens with zero attached hydrogens (tertiary/aromatic N) is 1. The van der Waals surface area contributed by atoms with Crippen molar-refractivity contribution in [3.05, 3.63) is 35.1 Å². The van der Waals surface area contributed by atoms with Gasteiger partial charge in [-0.2, -0.15) is 0 Å². The van der Waals surface area contributed by atoms with Gasteiger partial charge in [-0.3, -0.25) is 4.90 Å². The fourth-order valence-electron chi connectivity index (χ4n) is 2.81. The van der Waals surface area contributed by atoms with Gasteiger partial charge in [0.05, 0.1) is 0 Å². The molecule has 1 aromatic carbocycles. The van der Waals surface area contributed by atoms with Gasteiger partial charge in [0.15, 0.2) is 0 Å². The van der Waals surface area contributed by atoms with E-state index >= 15 is 0 Å². The van der Waals surface area contributed by atoms with Gasteiger partial charge in [-0.05, 0) is 30.5 Å². The lowest BCUT2D eigenvalue weighted by Gasteiger charge is -2.17. The van der Waals surface area contributed by atoms with Crippen LogP contribution in [0.1, 0.15) is 44.7 Å². The Bertz CT molecular complexity index is 431. The first-order chi connectivity index (χ1) is 9.58. The molecule has 0 radical (unpaired) electrons. The van der Waals surface area contributed by atoms with Crippen LogP contribution in [-0.4, -0.2) is 24.0 Å². The van der Waals surface area contributed by atoms with E-state index in [2.05, 4.69) is 31.0 Å². The van der Waals surface area contributed by atoms with Crippen molar-refractivity contribution in [2.75, 3.05) is 13.1 Å². The molecule has 1 heterocycles. The van der Waals surface area contributed by atoms with Crippen LogP contribution in [0.4, 0.5) is 4.39 Å². The van der Waals surface area contributed by atoms with E-state index in [4.69, 9.17) is 0 Å². The van der Waals surface area contributed by atoms with Crippen LogP contribution in [0.3, 0.4) is 0 Å². The second-order valence-corrected chi connectivity index (χ2v) is 6.26. The molecule has 0 saturated carbocycles. The lowest BCUT2D eigenvalue weighted by molar-refractivity contribution is 0.310. The van der Waals surface area contributed by atoms with Gasteiger partial charge in [-0.25, -0.2) is 4.39 Å². The van der Waals surface area contributed by atoms with E-state index in [-0.39, 0.29) is 5.82 Å². The summed E-state index contributed by atoms with van der Waals surface area (Å²) in [6, 6.07) is 5.96. The average Bonchev–Trinajstić information content (AvgIpc) is 2.87. The van der Waals surface area contributed by atoms with Crippen LogP contribution in [0.15, 0.2) is 18.2 Å². The summed E-state index contributed by atoms with van der Waals surface area (Å²) in [6.07, 6.45) is 2.49. The third-order valence-corrected chi connectivity index (χ3v) is 4.17. The summed E-state index contributed by atoms with van der Waals surface area (Å²) in [5.74, 6) is 0.724. The van der Waals surface area contributed by atoms with Crippen LogP contribution in [0.25, 0.3) is 0 Å². The van der Waals surface area contributed by atoms with Gasteiger partial charge >= 0.3 is 0 Å². The highest BCUT2D eigenvalue weighted by Gasteiger charge is 2.21. The molecule has 2 nitrogen and oxygen atoms in total. The zero-order valence-corrected chi connectivity index (χ0v) is 13.0. The minimum absolute atomic E-state index is 0.0711. The zero-order chi connectivity index (χ0) is 14.5. The Morgan fingerprint density at radius 3 is 2.85 bits per heavy atom. The molecule has 112 valence electrons. The molecule has 1 aliphatic heterocycles. The minimum atomic E-state index is -0.0711. The molecule has 1 unspecified atom stereocenters. The maximum atomic E-state index is 14.0. The van der Waals surface area contributed by atoms with E-state index in [1.165, 1.54) is 18.4 Å². The summed E-state index contributed by atoms with van der Waals surface area (Å²) < 4.78 is 14.0. The van der Waals surface area contributed by atoms with Gasteiger partial charge in [0, 0.05) is 31.2 Å². The fourth-order valence-corrected chi connectivity index (χ4v) is 2.81. The van der Waals surface area contributed by atoms with Crippen LogP contribution in [0, 0.1) is 11.7 Å². The fraction of sp³-hybridized carbons (Fsp3) is 0.647. The third-order valence-electron chi connectivity index (χ3n) is 4.17. The zero-order valence-electron chi connectivity index (χ0n) is 13.0. The number of benzene rings is 1. The van der Waals surface area contributed by atoms with Crippen LogP contribution in [0.5, 0.6) is 0 Å². The van der Waals surface area contributed by atoms with Crippen molar-refractivity contribution in [2.45, 2.75) is 52.7 Å². The molecule has 1 fully saturated rings. The summed E-state index contributed by atoms with van der Waals surface area (Å²) in [4.78, 5) is 2.38. The van der Waals surface area contributed by atoms with Gasteiger partial charge in [0.25, 0.3) is 0 Å². The average molecular weight is 278 g/mol. The van der Waals surface area contributed by atoms with Crippen LogP contribution < -0.4 is 5.32 Å².